The average Bonchev–Trinajstić information content (AvgIpc) is 3.00. The van der Waals surface area contributed by atoms with Gasteiger partial charge in [0.05, 0.1) is 0 Å². The number of fused-ring (bicyclic) bond motifs is 1. The van der Waals surface area contributed by atoms with Gasteiger partial charge in [0, 0.05) is 11.4 Å². The van der Waals surface area contributed by atoms with Crippen molar-refractivity contribution in [3.8, 4) is 0 Å². The SMILES string of the molecule is CCCNC(=O)[C@@H](C)NC(=O)COC(=O)c1cc2c(s1)CC[C@@H](C)C2. The topological polar surface area (TPSA) is 84.5 Å². The van der Waals surface area contributed by atoms with E-state index >= 15 is 0 Å². The summed E-state index contributed by atoms with van der Waals surface area (Å²) in [7, 11) is 0. The van der Waals surface area contributed by atoms with Gasteiger partial charge in [-0.15, -0.1) is 11.3 Å². The van der Waals surface area contributed by atoms with E-state index in [4.69, 9.17) is 4.74 Å². The summed E-state index contributed by atoms with van der Waals surface area (Å²) >= 11 is 1.45. The van der Waals surface area contributed by atoms with Gasteiger partial charge in [0.25, 0.3) is 5.91 Å². The number of amides is 2. The lowest BCUT2D eigenvalue weighted by Crippen LogP contribution is -2.46. The van der Waals surface area contributed by atoms with Crippen molar-refractivity contribution in [2.24, 2.45) is 5.92 Å². The number of ether oxygens (including phenoxy) is 1. The minimum atomic E-state index is -0.659. The Bertz CT molecular complexity index is 641. The monoisotopic (exact) mass is 366 g/mol. The Hall–Kier alpha value is -1.89. The van der Waals surface area contributed by atoms with Crippen molar-refractivity contribution in [1.29, 1.82) is 0 Å². The molecule has 0 saturated carbocycles. The van der Waals surface area contributed by atoms with E-state index in [1.54, 1.807) is 6.92 Å². The van der Waals surface area contributed by atoms with Gasteiger partial charge < -0.3 is 15.4 Å². The third-order valence-electron chi connectivity index (χ3n) is 4.18. The molecule has 0 aromatic carbocycles. The van der Waals surface area contributed by atoms with Gasteiger partial charge in [0.15, 0.2) is 6.61 Å². The molecule has 1 aliphatic rings. The quantitative estimate of drug-likeness (QED) is 0.724. The molecule has 7 heteroatoms. The second-order valence-electron chi connectivity index (χ2n) is 6.56. The van der Waals surface area contributed by atoms with Crippen LogP contribution in [0.3, 0.4) is 0 Å². The lowest BCUT2D eigenvalue weighted by Gasteiger charge is -2.16. The van der Waals surface area contributed by atoms with Crippen molar-refractivity contribution in [2.45, 2.75) is 52.5 Å². The summed E-state index contributed by atoms with van der Waals surface area (Å²) in [5.74, 6) is -0.577. The van der Waals surface area contributed by atoms with E-state index in [-0.39, 0.29) is 12.5 Å². The molecule has 2 atom stereocenters. The maximum Gasteiger partial charge on any atom is 0.348 e. The summed E-state index contributed by atoms with van der Waals surface area (Å²) < 4.78 is 5.08. The van der Waals surface area contributed by atoms with Gasteiger partial charge in [-0.25, -0.2) is 4.79 Å². The normalized spacial score (nSPS) is 17.3. The minimum absolute atomic E-state index is 0.249. The number of carbonyl (C=O) groups is 3. The van der Waals surface area contributed by atoms with Crippen molar-refractivity contribution in [3.63, 3.8) is 0 Å². The van der Waals surface area contributed by atoms with Crippen LogP contribution in [0, 0.1) is 5.92 Å². The molecular weight excluding hydrogens is 340 g/mol. The molecule has 0 radical (unpaired) electrons. The van der Waals surface area contributed by atoms with Crippen molar-refractivity contribution in [3.05, 3.63) is 21.4 Å². The standard InChI is InChI=1S/C18H26N2O4S/c1-4-7-19-17(22)12(3)20-16(21)10-24-18(23)15-9-13-8-11(2)5-6-14(13)25-15/h9,11-12H,4-8,10H2,1-3H3,(H,19,22)(H,20,21)/t11-,12-/m1/s1. The van der Waals surface area contributed by atoms with Crippen molar-refractivity contribution >= 4 is 29.1 Å². The van der Waals surface area contributed by atoms with Crippen LogP contribution in [0.1, 0.15) is 53.7 Å². The molecule has 25 heavy (non-hydrogen) atoms. The molecular formula is C18H26N2O4S. The summed E-state index contributed by atoms with van der Waals surface area (Å²) in [5, 5.41) is 5.23. The third kappa shape index (κ3) is 5.56. The zero-order chi connectivity index (χ0) is 18.4. The molecule has 2 rings (SSSR count). The number of esters is 1. The molecule has 0 saturated heterocycles. The molecule has 1 aliphatic carbocycles. The summed E-state index contributed by atoms with van der Waals surface area (Å²) in [4.78, 5) is 37.5. The van der Waals surface area contributed by atoms with E-state index in [1.165, 1.54) is 21.8 Å². The third-order valence-corrected chi connectivity index (χ3v) is 5.40. The molecule has 0 spiro atoms. The van der Waals surface area contributed by atoms with Crippen LogP contribution in [-0.4, -0.2) is 37.0 Å². The van der Waals surface area contributed by atoms with Gasteiger partial charge in [-0.3, -0.25) is 9.59 Å². The van der Waals surface area contributed by atoms with Crippen LogP contribution < -0.4 is 10.6 Å². The fourth-order valence-corrected chi connectivity index (χ4v) is 3.86. The van der Waals surface area contributed by atoms with E-state index in [2.05, 4.69) is 17.6 Å². The molecule has 1 heterocycles. The highest BCUT2D eigenvalue weighted by atomic mass is 32.1. The van der Waals surface area contributed by atoms with Gasteiger partial charge >= 0.3 is 5.97 Å². The van der Waals surface area contributed by atoms with Gasteiger partial charge in [0.1, 0.15) is 10.9 Å². The van der Waals surface area contributed by atoms with Gasteiger partial charge in [0.2, 0.25) is 5.91 Å². The van der Waals surface area contributed by atoms with Crippen molar-refractivity contribution in [2.75, 3.05) is 13.2 Å². The minimum Gasteiger partial charge on any atom is -0.451 e. The average molecular weight is 366 g/mol. The van der Waals surface area contributed by atoms with E-state index in [0.29, 0.717) is 17.3 Å². The first kappa shape index (κ1) is 19.4. The van der Waals surface area contributed by atoms with Crippen molar-refractivity contribution < 1.29 is 19.1 Å². The summed E-state index contributed by atoms with van der Waals surface area (Å²) in [6.45, 7) is 5.94. The number of hydrogen-bond donors (Lipinski definition) is 2. The highest BCUT2D eigenvalue weighted by Gasteiger charge is 2.22. The number of aryl methyl sites for hydroxylation is 1. The van der Waals surface area contributed by atoms with Crippen LogP contribution in [-0.2, 0) is 27.2 Å². The second-order valence-corrected chi connectivity index (χ2v) is 7.70. The molecule has 138 valence electrons. The van der Waals surface area contributed by atoms with E-state index in [9.17, 15) is 14.4 Å². The Kier molecular flexibility index (Phi) is 6.99. The highest BCUT2D eigenvalue weighted by Crippen LogP contribution is 2.32. The Morgan fingerprint density at radius 3 is 2.88 bits per heavy atom. The first-order valence-electron chi connectivity index (χ1n) is 8.76. The first-order chi connectivity index (χ1) is 11.9. The molecule has 6 nitrogen and oxygen atoms in total. The number of carbonyl (C=O) groups excluding carboxylic acids is 3. The molecule has 0 unspecified atom stereocenters. The lowest BCUT2D eigenvalue weighted by atomic mass is 9.90. The van der Waals surface area contributed by atoms with Crippen LogP contribution >= 0.6 is 11.3 Å². The van der Waals surface area contributed by atoms with Crippen LogP contribution in [0.5, 0.6) is 0 Å². The maximum atomic E-state index is 12.1. The predicted molar refractivity (Wildman–Crippen MR) is 96.7 cm³/mol. The highest BCUT2D eigenvalue weighted by molar-refractivity contribution is 7.14. The van der Waals surface area contributed by atoms with Crippen LogP contribution in [0.2, 0.25) is 0 Å². The molecule has 1 aromatic rings. The Morgan fingerprint density at radius 1 is 1.40 bits per heavy atom. The summed E-state index contributed by atoms with van der Waals surface area (Å²) in [6.07, 6.45) is 3.96. The van der Waals surface area contributed by atoms with Gasteiger partial charge in [-0.05, 0) is 50.2 Å². The van der Waals surface area contributed by atoms with Crippen LogP contribution in [0.15, 0.2) is 6.07 Å². The van der Waals surface area contributed by atoms with E-state index in [1.807, 2.05) is 13.0 Å². The molecule has 1 aromatic heterocycles. The Morgan fingerprint density at radius 2 is 2.16 bits per heavy atom. The number of thiophene rings is 1. The van der Waals surface area contributed by atoms with Gasteiger partial charge in [-0.2, -0.15) is 0 Å². The second kappa shape index (κ2) is 8.99. The number of nitrogens with one attached hydrogen (secondary N) is 2. The largest absolute Gasteiger partial charge is 0.451 e. The van der Waals surface area contributed by atoms with Crippen LogP contribution in [0.4, 0.5) is 0 Å². The zero-order valence-corrected chi connectivity index (χ0v) is 15.8. The number of hydrogen-bond acceptors (Lipinski definition) is 5. The Labute approximate surface area is 152 Å². The first-order valence-corrected chi connectivity index (χ1v) is 9.58. The Balaban J connectivity index is 1.80. The summed E-state index contributed by atoms with van der Waals surface area (Å²) in [6, 6.07) is 1.23. The smallest absolute Gasteiger partial charge is 0.348 e. The van der Waals surface area contributed by atoms with E-state index in [0.717, 1.165) is 25.7 Å². The molecule has 0 aliphatic heterocycles. The van der Waals surface area contributed by atoms with Crippen LogP contribution in [0.25, 0.3) is 0 Å². The number of rotatable bonds is 7. The van der Waals surface area contributed by atoms with Crippen molar-refractivity contribution in [1.82, 2.24) is 10.6 Å². The molecule has 2 amide bonds. The van der Waals surface area contributed by atoms with E-state index < -0.39 is 17.9 Å². The predicted octanol–water partition coefficient (Wildman–Crippen LogP) is 2.06. The lowest BCUT2D eigenvalue weighted by molar-refractivity contribution is -0.130. The summed E-state index contributed by atoms with van der Waals surface area (Å²) in [5.41, 5.74) is 1.22. The fourth-order valence-electron chi connectivity index (χ4n) is 2.76. The molecule has 0 bridgehead atoms. The molecule has 2 N–H and O–H groups in total. The fraction of sp³-hybridized carbons (Fsp3) is 0.611. The zero-order valence-electron chi connectivity index (χ0n) is 15.0. The molecule has 0 fully saturated rings. The maximum absolute atomic E-state index is 12.1. The van der Waals surface area contributed by atoms with Gasteiger partial charge in [-0.1, -0.05) is 13.8 Å².